The van der Waals surface area contributed by atoms with Crippen LogP contribution in [0.4, 0.5) is 0 Å². The van der Waals surface area contributed by atoms with Crippen molar-refractivity contribution < 1.29 is 14.3 Å². The molecule has 0 amide bonds. The Balaban J connectivity index is 1.26. The van der Waals surface area contributed by atoms with Crippen molar-refractivity contribution in [1.29, 1.82) is 5.26 Å². The summed E-state index contributed by atoms with van der Waals surface area (Å²) in [7, 11) is 1.57. The summed E-state index contributed by atoms with van der Waals surface area (Å²) < 4.78 is 11.6. The number of rotatable bonds is 5. The Morgan fingerprint density at radius 2 is 1.72 bits per heavy atom. The summed E-state index contributed by atoms with van der Waals surface area (Å²) in [6.45, 7) is 4.11. The molecule has 0 radical (unpaired) electrons. The molecule has 1 heterocycles. The van der Waals surface area contributed by atoms with Gasteiger partial charge in [0.05, 0.1) is 29.1 Å². The van der Waals surface area contributed by atoms with Crippen LogP contribution in [0.3, 0.4) is 0 Å². The number of allylic oxidation sites excluding steroid dienone is 1. The highest BCUT2D eigenvalue weighted by molar-refractivity contribution is 5.91. The smallest absolute Gasteiger partial charge is 0.317 e. The van der Waals surface area contributed by atoms with Crippen molar-refractivity contribution in [2.75, 3.05) is 7.11 Å². The molecular formula is C30H31N3O3. The number of carbonyl (C=O) groups excluding carboxylic acids is 1. The zero-order valence-electron chi connectivity index (χ0n) is 21.1. The molecule has 4 bridgehead atoms. The predicted molar refractivity (Wildman–Crippen MR) is 138 cm³/mol. The molecule has 1 N–H and O–H groups in total. The van der Waals surface area contributed by atoms with Crippen LogP contribution in [-0.2, 0) is 4.79 Å². The lowest BCUT2D eigenvalue weighted by Crippen LogP contribution is -2.51. The number of aromatic amines is 1. The number of nitrogens with one attached hydrogen (secondary N) is 1. The number of methoxy groups -OCH3 is 1. The van der Waals surface area contributed by atoms with Gasteiger partial charge in [0.15, 0.2) is 11.5 Å². The second-order valence-electron chi connectivity index (χ2n) is 11.2. The largest absolute Gasteiger partial charge is 0.493 e. The average Bonchev–Trinajstić information content (AvgIpc) is 3.25. The minimum absolute atomic E-state index is 0.103. The van der Waals surface area contributed by atoms with Crippen LogP contribution in [-0.4, -0.2) is 23.0 Å². The Bertz CT molecular complexity index is 1370. The van der Waals surface area contributed by atoms with E-state index in [-0.39, 0.29) is 11.4 Å². The first kappa shape index (κ1) is 22.8. The van der Waals surface area contributed by atoms with Crippen LogP contribution >= 0.6 is 0 Å². The number of benzene rings is 2. The van der Waals surface area contributed by atoms with Gasteiger partial charge in [0, 0.05) is 0 Å². The fourth-order valence-corrected chi connectivity index (χ4v) is 7.14. The number of esters is 1. The van der Waals surface area contributed by atoms with Gasteiger partial charge in [-0.15, -0.1) is 0 Å². The first-order valence-corrected chi connectivity index (χ1v) is 12.9. The Labute approximate surface area is 211 Å². The molecule has 0 spiro atoms. The summed E-state index contributed by atoms with van der Waals surface area (Å²) in [4.78, 5) is 21.3. The number of ether oxygens (including phenoxy) is 2. The third-order valence-electron chi connectivity index (χ3n) is 8.65. The van der Waals surface area contributed by atoms with Crippen LogP contribution in [0.15, 0.2) is 30.3 Å². The number of aromatic nitrogens is 2. The van der Waals surface area contributed by atoms with Crippen LogP contribution in [0, 0.1) is 48.3 Å². The highest BCUT2D eigenvalue weighted by Gasteiger charge is 2.55. The Morgan fingerprint density at radius 3 is 2.36 bits per heavy atom. The summed E-state index contributed by atoms with van der Waals surface area (Å²) >= 11 is 0. The van der Waals surface area contributed by atoms with Crippen LogP contribution in [0.1, 0.15) is 61.0 Å². The van der Waals surface area contributed by atoms with Gasteiger partial charge in [-0.25, -0.2) is 4.98 Å². The monoisotopic (exact) mass is 481 g/mol. The van der Waals surface area contributed by atoms with E-state index in [0.717, 1.165) is 41.4 Å². The maximum atomic E-state index is 13.4. The second-order valence-corrected chi connectivity index (χ2v) is 11.2. The molecule has 184 valence electrons. The van der Waals surface area contributed by atoms with Gasteiger partial charge >= 0.3 is 5.97 Å². The van der Waals surface area contributed by atoms with E-state index in [2.05, 4.69) is 23.0 Å². The molecule has 7 rings (SSSR count). The Kier molecular flexibility index (Phi) is 5.40. The number of H-pyrrole nitrogens is 1. The highest BCUT2D eigenvalue weighted by atomic mass is 16.6. The molecule has 4 aliphatic carbocycles. The van der Waals surface area contributed by atoms with Gasteiger partial charge in [-0.1, -0.05) is 6.07 Å². The SMILES string of the molecule is COc1cc(C=C(C#N)c2nc3cc(C)c(C)cc3[nH]2)ccc1OC(=O)C12CC3CC(CC(C3)C1)C2. The number of fused-ring (bicyclic) bond motifs is 1. The molecule has 6 heteroatoms. The van der Waals surface area contributed by atoms with E-state index < -0.39 is 0 Å². The van der Waals surface area contributed by atoms with Gasteiger partial charge in [-0.3, -0.25) is 4.79 Å². The molecule has 36 heavy (non-hydrogen) atoms. The maximum Gasteiger partial charge on any atom is 0.317 e. The van der Waals surface area contributed by atoms with E-state index in [9.17, 15) is 10.1 Å². The molecule has 4 fully saturated rings. The summed E-state index contributed by atoms with van der Waals surface area (Å²) in [6, 6.07) is 11.7. The van der Waals surface area contributed by atoms with E-state index in [4.69, 9.17) is 9.47 Å². The van der Waals surface area contributed by atoms with Gasteiger partial charge in [-0.2, -0.15) is 5.26 Å². The lowest BCUT2D eigenvalue weighted by molar-refractivity contribution is -0.161. The number of carbonyl (C=O) groups is 1. The van der Waals surface area contributed by atoms with E-state index in [1.807, 2.05) is 25.1 Å². The normalized spacial score (nSPS) is 26.7. The predicted octanol–water partition coefficient (Wildman–Crippen LogP) is 6.37. The molecule has 0 unspecified atom stereocenters. The van der Waals surface area contributed by atoms with Crippen LogP contribution in [0.5, 0.6) is 11.5 Å². The topological polar surface area (TPSA) is 88.0 Å². The average molecular weight is 482 g/mol. The quantitative estimate of drug-likeness (QED) is 0.260. The number of hydrogen-bond donors (Lipinski definition) is 1. The molecule has 1 aromatic heterocycles. The molecular weight excluding hydrogens is 450 g/mol. The van der Waals surface area contributed by atoms with E-state index in [1.54, 1.807) is 25.3 Å². The third-order valence-corrected chi connectivity index (χ3v) is 8.65. The molecule has 0 atom stereocenters. The zero-order chi connectivity index (χ0) is 25.0. The maximum absolute atomic E-state index is 13.4. The molecule has 4 saturated carbocycles. The van der Waals surface area contributed by atoms with Gasteiger partial charge < -0.3 is 14.5 Å². The van der Waals surface area contributed by atoms with Gasteiger partial charge in [0.25, 0.3) is 0 Å². The van der Waals surface area contributed by atoms with E-state index >= 15 is 0 Å². The number of nitrogens with zero attached hydrogens (tertiary/aromatic N) is 2. The van der Waals surface area contributed by atoms with Crippen molar-refractivity contribution in [3.05, 3.63) is 52.8 Å². The van der Waals surface area contributed by atoms with E-state index in [0.29, 0.717) is 40.7 Å². The number of imidazole rings is 1. The van der Waals surface area contributed by atoms with Gasteiger partial charge in [0.2, 0.25) is 0 Å². The van der Waals surface area contributed by atoms with Crippen molar-refractivity contribution in [2.45, 2.75) is 52.4 Å². The summed E-state index contributed by atoms with van der Waals surface area (Å²) in [5, 5.41) is 9.85. The number of aryl methyl sites for hydroxylation is 2. The van der Waals surface area contributed by atoms with Crippen molar-refractivity contribution in [2.24, 2.45) is 23.2 Å². The van der Waals surface area contributed by atoms with Gasteiger partial charge in [-0.05, 0) is 117 Å². The highest BCUT2D eigenvalue weighted by Crippen LogP contribution is 2.60. The first-order chi connectivity index (χ1) is 17.4. The number of hydrogen-bond acceptors (Lipinski definition) is 5. The molecule has 0 aliphatic heterocycles. The minimum atomic E-state index is -0.329. The summed E-state index contributed by atoms with van der Waals surface area (Å²) in [5.74, 6) is 3.36. The van der Waals surface area contributed by atoms with Crippen LogP contribution in [0.2, 0.25) is 0 Å². The lowest BCUT2D eigenvalue weighted by atomic mass is 9.49. The Hall–Kier alpha value is -3.59. The van der Waals surface area contributed by atoms with Crippen LogP contribution in [0.25, 0.3) is 22.7 Å². The summed E-state index contributed by atoms with van der Waals surface area (Å²) in [5.41, 5.74) is 4.92. The molecule has 3 aromatic rings. The van der Waals surface area contributed by atoms with Crippen LogP contribution < -0.4 is 9.47 Å². The second kappa shape index (κ2) is 8.51. The molecule has 0 saturated heterocycles. The third kappa shape index (κ3) is 3.87. The fourth-order valence-electron chi connectivity index (χ4n) is 7.14. The van der Waals surface area contributed by atoms with E-state index in [1.165, 1.54) is 24.8 Å². The fraction of sp³-hybridized carbons (Fsp3) is 0.433. The van der Waals surface area contributed by atoms with Crippen molar-refractivity contribution in [3.63, 3.8) is 0 Å². The van der Waals surface area contributed by atoms with Crippen molar-refractivity contribution in [3.8, 4) is 17.6 Å². The number of nitriles is 1. The van der Waals surface area contributed by atoms with Crippen molar-refractivity contribution >= 4 is 28.7 Å². The standard InChI is InChI=1S/C30H31N3O3/c1-17-6-24-25(7-18(17)2)33-28(32-24)23(16-31)11-19-4-5-26(27(12-19)35-3)36-29(34)30-13-20-8-21(14-30)10-22(9-20)15-30/h4-7,11-12,20-22H,8-10,13-15H2,1-3H3,(H,32,33). The van der Waals surface area contributed by atoms with Gasteiger partial charge in [0.1, 0.15) is 11.9 Å². The molecule has 6 nitrogen and oxygen atoms in total. The zero-order valence-corrected chi connectivity index (χ0v) is 21.1. The summed E-state index contributed by atoms with van der Waals surface area (Å²) in [6.07, 6.45) is 8.49. The lowest BCUT2D eigenvalue weighted by Gasteiger charge is -2.55. The minimum Gasteiger partial charge on any atom is -0.493 e. The Morgan fingerprint density at radius 1 is 1.06 bits per heavy atom. The van der Waals surface area contributed by atoms with Crippen molar-refractivity contribution in [1.82, 2.24) is 9.97 Å². The molecule has 2 aromatic carbocycles. The first-order valence-electron chi connectivity index (χ1n) is 12.9. The molecule has 4 aliphatic rings.